The molecule has 1 fully saturated rings. The van der Waals surface area contributed by atoms with E-state index in [1.165, 1.54) is 35.3 Å². The Morgan fingerprint density at radius 2 is 1.82 bits per heavy atom. The van der Waals surface area contributed by atoms with Crippen molar-refractivity contribution in [3.63, 3.8) is 0 Å². The lowest BCUT2D eigenvalue weighted by atomic mass is 9.97. The molecule has 2 aromatic carbocycles. The molecule has 2 amide bonds. The van der Waals surface area contributed by atoms with Crippen LogP contribution in [0.15, 0.2) is 79.1 Å². The van der Waals surface area contributed by atoms with Crippen LogP contribution in [0.2, 0.25) is 0 Å². The smallest absolute Gasteiger partial charge is 0.280 e. The van der Waals surface area contributed by atoms with Gasteiger partial charge in [-0.3, -0.25) is 9.59 Å². The second-order valence-electron chi connectivity index (χ2n) is 8.59. The first-order valence-corrected chi connectivity index (χ1v) is 11.8. The second kappa shape index (κ2) is 10.5. The molecule has 1 aliphatic rings. The van der Waals surface area contributed by atoms with E-state index >= 15 is 0 Å². The molecule has 0 aliphatic carbocycles. The molecule has 0 radical (unpaired) electrons. The normalized spacial score (nSPS) is 15.2. The third kappa shape index (κ3) is 4.89. The lowest BCUT2D eigenvalue weighted by molar-refractivity contribution is -0.189. The Bertz CT molecular complexity index is 1470. The number of carbonyl (C=O) groups excluding carboxylic acids is 2. The van der Waals surface area contributed by atoms with E-state index in [-0.39, 0.29) is 42.3 Å². The van der Waals surface area contributed by atoms with E-state index in [9.17, 15) is 18.4 Å². The minimum absolute atomic E-state index is 0.0916. The molecule has 1 aliphatic heterocycles. The fourth-order valence-electron chi connectivity index (χ4n) is 4.35. The van der Waals surface area contributed by atoms with Gasteiger partial charge in [0.2, 0.25) is 0 Å². The van der Waals surface area contributed by atoms with Gasteiger partial charge in [0.25, 0.3) is 17.6 Å². The highest BCUT2D eigenvalue weighted by Gasteiger charge is 2.51. The summed E-state index contributed by atoms with van der Waals surface area (Å²) in [5.74, 6) is -4.62. The van der Waals surface area contributed by atoms with E-state index < -0.39 is 35.3 Å². The number of halogens is 2. The predicted octanol–water partition coefficient (Wildman–Crippen LogP) is 2.78. The molecule has 5 rings (SSSR count). The van der Waals surface area contributed by atoms with Gasteiger partial charge < -0.3 is 20.5 Å². The first-order chi connectivity index (χ1) is 18.4. The molecule has 1 unspecified atom stereocenters. The van der Waals surface area contributed by atoms with Crippen LogP contribution in [0.5, 0.6) is 0 Å². The summed E-state index contributed by atoms with van der Waals surface area (Å²) in [5.41, 5.74) is 6.94. The third-order valence-electron chi connectivity index (χ3n) is 6.15. The standard InChI is InChI=1S/C27H23F2N5O4/c28-18-8-9-19(21(29)16-18)22-10-12-34(33-22)24-20(7-4-11-31-24)25(35)32-23(15-17-5-2-1-3-6-17)27(26(30)36)37-13-14-38-27/h1-12,16,23H,13-15H2,(H2,30,36)(H,32,35). The highest BCUT2D eigenvalue weighted by Crippen LogP contribution is 2.27. The molecule has 11 heteroatoms. The predicted molar refractivity (Wildman–Crippen MR) is 132 cm³/mol. The molecule has 4 aromatic rings. The molecule has 0 saturated carbocycles. The van der Waals surface area contributed by atoms with Crippen molar-refractivity contribution in [3.8, 4) is 17.1 Å². The van der Waals surface area contributed by atoms with Crippen molar-refractivity contribution < 1.29 is 27.8 Å². The molecule has 3 N–H and O–H groups in total. The van der Waals surface area contributed by atoms with Gasteiger partial charge in [-0.2, -0.15) is 5.10 Å². The number of hydrogen-bond acceptors (Lipinski definition) is 6. The SMILES string of the molecule is NC(=O)C1(C(Cc2ccccc2)NC(=O)c2cccnc2-n2ccc(-c3ccc(F)cc3F)n2)OCCO1. The fraction of sp³-hybridized carbons (Fsp3) is 0.185. The highest BCUT2D eigenvalue weighted by atomic mass is 19.1. The lowest BCUT2D eigenvalue weighted by Gasteiger charge is -2.33. The van der Waals surface area contributed by atoms with Crippen LogP contribution in [0, 0.1) is 11.6 Å². The summed E-state index contributed by atoms with van der Waals surface area (Å²) < 4.78 is 40.3. The molecular weight excluding hydrogens is 496 g/mol. The van der Waals surface area contributed by atoms with Crippen molar-refractivity contribution in [3.05, 3.63) is 102 Å². The van der Waals surface area contributed by atoms with Crippen LogP contribution in [-0.2, 0) is 20.7 Å². The van der Waals surface area contributed by atoms with Gasteiger partial charge in [0.15, 0.2) is 5.82 Å². The van der Waals surface area contributed by atoms with E-state index in [2.05, 4.69) is 15.4 Å². The topological polar surface area (TPSA) is 121 Å². The minimum Gasteiger partial charge on any atom is -0.365 e. The first kappa shape index (κ1) is 25.2. The monoisotopic (exact) mass is 519 g/mol. The van der Waals surface area contributed by atoms with Crippen LogP contribution in [0.4, 0.5) is 8.78 Å². The number of nitrogens with one attached hydrogen (secondary N) is 1. The van der Waals surface area contributed by atoms with E-state index in [1.807, 2.05) is 30.3 Å². The molecule has 3 heterocycles. The summed E-state index contributed by atoms with van der Waals surface area (Å²) in [6, 6.07) is 16.0. The summed E-state index contributed by atoms with van der Waals surface area (Å²) in [7, 11) is 0. The zero-order valence-electron chi connectivity index (χ0n) is 20.0. The minimum atomic E-state index is -1.85. The van der Waals surface area contributed by atoms with Gasteiger partial charge in [-0.05, 0) is 42.3 Å². The maximum Gasteiger partial charge on any atom is 0.280 e. The van der Waals surface area contributed by atoms with Crippen molar-refractivity contribution >= 4 is 11.8 Å². The van der Waals surface area contributed by atoms with Gasteiger partial charge >= 0.3 is 0 Å². The molecule has 0 spiro atoms. The van der Waals surface area contributed by atoms with Gasteiger partial charge in [0, 0.05) is 24.0 Å². The molecule has 1 saturated heterocycles. The fourth-order valence-corrected chi connectivity index (χ4v) is 4.35. The number of benzene rings is 2. The molecule has 9 nitrogen and oxygen atoms in total. The molecule has 0 bridgehead atoms. The number of nitrogens with zero attached hydrogens (tertiary/aromatic N) is 3. The average Bonchev–Trinajstić information content (AvgIpc) is 3.60. The number of rotatable bonds is 8. The molecule has 2 aromatic heterocycles. The number of amides is 2. The zero-order valence-corrected chi connectivity index (χ0v) is 20.0. The number of primary amides is 1. The first-order valence-electron chi connectivity index (χ1n) is 11.8. The molecule has 1 atom stereocenters. The van der Waals surface area contributed by atoms with E-state index in [0.717, 1.165) is 17.7 Å². The Balaban J connectivity index is 1.47. The van der Waals surface area contributed by atoms with Crippen molar-refractivity contribution in [2.45, 2.75) is 18.2 Å². The van der Waals surface area contributed by atoms with Gasteiger partial charge in [-0.15, -0.1) is 0 Å². The highest BCUT2D eigenvalue weighted by molar-refractivity contribution is 5.98. The zero-order chi connectivity index (χ0) is 26.7. The second-order valence-corrected chi connectivity index (χ2v) is 8.59. The van der Waals surface area contributed by atoms with Crippen molar-refractivity contribution in [2.24, 2.45) is 5.73 Å². The van der Waals surface area contributed by atoms with E-state index in [1.54, 1.807) is 6.07 Å². The largest absolute Gasteiger partial charge is 0.365 e. The summed E-state index contributed by atoms with van der Waals surface area (Å²) in [6.45, 7) is 0.274. The quantitative estimate of drug-likeness (QED) is 0.369. The van der Waals surface area contributed by atoms with Gasteiger partial charge in [-0.25, -0.2) is 18.4 Å². The van der Waals surface area contributed by atoms with Crippen LogP contribution in [0.25, 0.3) is 17.1 Å². The Kier molecular flexibility index (Phi) is 6.95. The van der Waals surface area contributed by atoms with Gasteiger partial charge in [0.05, 0.1) is 30.5 Å². The van der Waals surface area contributed by atoms with E-state index in [4.69, 9.17) is 15.2 Å². The van der Waals surface area contributed by atoms with Crippen LogP contribution < -0.4 is 11.1 Å². The Hall–Kier alpha value is -4.48. The van der Waals surface area contributed by atoms with Crippen LogP contribution in [0.3, 0.4) is 0 Å². The van der Waals surface area contributed by atoms with Crippen molar-refractivity contribution in [1.82, 2.24) is 20.1 Å². The van der Waals surface area contributed by atoms with Gasteiger partial charge in [0.1, 0.15) is 11.6 Å². The molecule has 194 valence electrons. The van der Waals surface area contributed by atoms with Gasteiger partial charge in [-0.1, -0.05) is 30.3 Å². The van der Waals surface area contributed by atoms with E-state index in [0.29, 0.717) is 0 Å². The number of aromatic nitrogens is 3. The lowest BCUT2D eigenvalue weighted by Crippen LogP contribution is -2.61. The summed E-state index contributed by atoms with van der Waals surface area (Å²) >= 11 is 0. The maximum absolute atomic E-state index is 14.3. The summed E-state index contributed by atoms with van der Waals surface area (Å²) in [5, 5.41) is 7.18. The number of hydrogen-bond donors (Lipinski definition) is 2. The average molecular weight is 520 g/mol. The summed E-state index contributed by atoms with van der Waals surface area (Å²) in [4.78, 5) is 30.3. The van der Waals surface area contributed by atoms with Crippen molar-refractivity contribution in [2.75, 3.05) is 13.2 Å². The molecular formula is C27H23F2N5O4. The number of carbonyl (C=O) groups is 2. The third-order valence-corrected chi connectivity index (χ3v) is 6.15. The number of ether oxygens (including phenoxy) is 2. The maximum atomic E-state index is 14.3. The molecule has 38 heavy (non-hydrogen) atoms. The Morgan fingerprint density at radius 3 is 2.53 bits per heavy atom. The van der Waals surface area contributed by atoms with Crippen LogP contribution in [-0.4, -0.2) is 51.6 Å². The number of pyridine rings is 1. The van der Waals surface area contributed by atoms with Crippen LogP contribution in [0.1, 0.15) is 15.9 Å². The Morgan fingerprint density at radius 1 is 1.05 bits per heavy atom. The van der Waals surface area contributed by atoms with Crippen molar-refractivity contribution in [1.29, 1.82) is 0 Å². The number of nitrogens with two attached hydrogens (primary N) is 1. The van der Waals surface area contributed by atoms with Crippen LogP contribution >= 0.6 is 0 Å². The Labute approximate surface area is 216 Å². The summed E-state index contributed by atoms with van der Waals surface area (Å²) in [6.07, 6.45) is 3.18.